The Labute approximate surface area is 140 Å². The van der Waals surface area contributed by atoms with Crippen molar-refractivity contribution in [3.63, 3.8) is 0 Å². The minimum atomic E-state index is -1.00. The number of rotatable bonds is 16. The van der Waals surface area contributed by atoms with Crippen molar-refractivity contribution < 1.29 is 4.39 Å². The molecule has 0 aromatic rings. The summed E-state index contributed by atoms with van der Waals surface area (Å²) in [5.41, 5.74) is -1.00. The lowest BCUT2D eigenvalue weighted by Crippen LogP contribution is -2.22. The van der Waals surface area contributed by atoms with Gasteiger partial charge in [0.05, 0.1) is 0 Å². The normalized spacial score (nSPS) is 13.5. The maximum Gasteiger partial charge on any atom is 0.108 e. The molecule has 0 aromatic heterocycles. The molecule has 134 valence electrons. The predicted octanol–water partition coefficient (Wildman–Crippen LogP) is 8.24. The predicted molar refractivity (Wildman–Crippen MR) is 99.3 cm³/mol. The zero-order valence-corrected chi connectivity index (χ0v) is 16.1. The molecule has 0 bridgehead atoms. The van der Waals surface area contributed by atoms with Gasteiger partial charge in [-0.05, 0) is 26.2 Å². The number of halogens is 1. The summed E-state index contributed by atoms with van der Waals surface area (Å²) in [4.78, 5) is 0. The molecule has 1 heteroatoms. The second-order valence-electron chi connectivity index (χ2n) is 7.85. The number of unbranched alkanes of at least 4 members (excludes halogenated alkanes) is 13. The topological polar surface area (TPSA) is 0 Å². The fourth-order valence-electron chi connectivity index (χ4n) is 2.99. The molecule has 0 rings (SSSR count). The molecule has 0 saturated carbocycles. The van der Waals surface area contributed by atoms with E-state index in [1.54, 1.807) is 13.8 Å². The van der Waals surface area contributed by atoms with Gasteiger partial charge in [-0.15, -0.1) is 0 Å². The quantitative estimate of drug-likeness (QED) is 0.252. The highest BCUT2D eigenvalue weighted by atomic mass is 19.1. The average Bonchev–Trinajstić information content (AvgIpc) is 2.46. The van der Waals surface area contributed by atoms with Crippen molar-refractivity contribution >= 4 is 0 Å². The van der Waals surface area contributed by atoms with E-state index in [4.69, 9.17) is 0 Å². The van der Waals surface area contributed by atoms with Crippen LogP contribution in [0.5, 0.6) is 0 Å². The summed E-state index contributed by atoms with van der Waals surface area (Å²) in [7, 11) is 0. The molecule has 0 N–H and O–H groups in total. The van der Waals surface area contributed by atoms with Gasteiger partial charge in [-0.25, -0.2) is 4.39 Å². The Bertz CT molecular complexity index is 216. The van der Waals surface area contributed by atoms with Crippen LogP contribution < -0.4 is 0 Å². The van der Waals surface area contributed by atoms with Crippen LogP contribution >= 0.6 is 0 Å². The highest BCUT2D eigenvalue weighted by molar-refractivity contribution is 4.73. The van der Waals surface area contributed by atoms with Gasteiger partial charge in [0, 0.05) is 0 Å². The van der Waals surface area contributed by atoms with E-state index in [1.807, 2.05) is 6.92 Å². The molecule has 1 atom stereocenters. The molecule has 0 spiro atoms. The smallest absolute Gasteiger partial charge is 0.108 e. The summed E-state index contributed by atoms with van der Waals surface area (Å²) in [5, 5.41) is 0. The molecule has 0 aliphatic carbocycles. The molecule has 1 unspecified atom stereocenters. The van der Waals surface area contributed by atoms with Gasteiger partial charge in [0.1, 0.15) is 5.67 Å². The highest BCUT2D eigenvalue weighted by Gasteiger charge is 2.23. The molecule has 22 heavy (non-hydrogen) atoms. The first-order valence-corrected chi connectivity index (χ1v) is 10.2. The van der Waals surface area contributed by atoms with E-state index in [9.17, 15) is 4.39 Å². The Morgan fingerprint density at radius 3 is 1.27 bits per heavy atom. The summed E-state index contributed by atoms with van der Waals surface area (Å²) < 4.78 is 13.6. The van der Waals surface area contributed by atoms with Crippen LogP contribution in [-0.4, -0.2) is 5.67 Å². The lowest BCUT2D eigenvalue weighted by molar-refractivity contribution is 0.127. The Kier molecular flexibility index (Phi) is 14.5. The van der Waals surface area contributed by atoms with Crippen molar-refractivity contribution in [3.8, 4) is 0 Å². The van der Waals surface area contributed by atoms with Gasteiger partial charge in [-0.3, -0.25) is 0 Å². The standard InChI is InChI=1S/C21H43F/c1-5-6-7-8-9-10-11-12-13-14-15-16-17-18-19-20(2)21(3,4)22/h20H,5-19H2,1-4H3. The van der Waals surface area contributed by atoms with E-state index in [1.165, 1.54) is 89.9 Å². The van der Waals surface area contributed by atoms with Gasteiger partial charge in [0.2, 0.25) is 0 Å². The van der Waals surface area contributed by atoms with Crippen molar-refractivity contribution in [2.45, 2.75) is 130 Å². The molecule has 0 aliphatic rings. The van der Waals surface area contributed by atoms with Crippen LogP contribution in [0.4, 0.5) is 4.39 Å². The van der Waals surface area contributed by atoms with E-state index in [2.05, 4.69) is 6.92 Å². The minimum absolute atomic E-state index is 0.199. The molecule has 0 saturated heterocycles. The zero-order chi connectivity index (χ0) is 16.7. The summed E-state index contributed by atoms with van der Waals surface area (Å²) in [6.07, 6.45) is 20.5. The largest absolute Gasteiger partial charge is 0.244 e. The van der Waals surface area contributed by atoms with Gasteiger partial charge in [0.25, 0.3) is 0 Å². The molecule has 0 nitrogen and oxygen atoms in total. The van der Waals surface area contributed by atoms with Gasteiger partial charge in [0.15, 0.2) is 0 Å². The monoisotopic (exact) mass is 314 g/mol. The van der Waals surface area contributed by atoms with Crippen LogP contribution in [0.25, 0.3) is 0 Å². The maximum absolute atomic E-state index is 13.6. The number of hydrogen-bond acceptors (Lipinski definition) is 0. The second kappa shape index (κ2) is 14.5. The van der Waals surface area contributed by atoms with E-state index in [0.717, 1.165) is 6.42 Å². The first kappa shape index (κ1) is 21.9. The van der Waals surface area contributed by atoms with Crippen molar-refractivity contribution in [2.75, 3.05) is 0 Å². The summed E-state index contributed by atoms with van der Waals surface area (Å²) in [6, 6.07) is 0. The van der Waals surface area contributed by atoms with Gasteiger partial charge < -0.3 is 0 Å². The van der Waals surface area contributed by atoms with E-state index in [-0.39, 0.29) is 5.92 Å². The van der Waals surface area contributed by atoms with Gasteiger partial charge >= 0.3 is 0 Å². The molecule has 0 aliphatic heterocycles. The van der Waals surface area contributed by atoms with Crippen LogP contribution in [-0.2, 0) is 0 Å². The minimum Gasteiger partial charge on any atom is -0.244 e. The van der Waals surface area contributed by atoms with Gasteiger partial charge in [-0.2, -0.15) is 0 Å². The fraction of sp³-hybridized carbons (Fsp3) is 1.00. The second-order valence-corrected chi connectivity index (χ2v) is 7.85. The molecule has 0 amide bonds. The van der Waals surface area contributed by atoms with Crippen LogP contribution in [0.3, 0.4) is 0 Å². The third-order valence-electron chi connectivity index (χ3n) is 5.16. The maximum atomic E-state index is 13.6. The molecular formula is C21H43F. The lowest BCUT2D eigenvalue weighted by Gasteiger charge is -2.22. The average molecular weight is 315 g/mol. The zero-order valence-electron chi connectivity index (χ0n) is 16.1. The van der Waals surface area contributed by atoms with E-state index in [0.29, 0.717) is 0 Å². The SMILES string of the molecule is CCCCCCCCCCCCCCCCC(C)C(C)(C)F. The third-order valence-corrected chi connectivity index (χ3v) is 5.16. The first-order chi connectivity index (χ1) is 10.5. The van der Waals surface area contributed by atoms with Crippen LogP contribution in [0.2, 0.25) is 0 Å². The molecule has 0 radical (unpaired) electrons. The summed E-state index contributed by atoms with van der Waals surface area (Å²) in [5.74, 6) is 0.199. The van der Waals surface area contributed by atoms with Crippen molar-refractivity contribution in [1.82, 2.24) is 0 Å². The first-order valence-electron chi connectivity index (χ1n) is 10.2. The molecular weight excluding hydrogens is 271 g/mol. The van der Waals surface area contributed by atoms with Crippen molar-refractivity contribution in [1.29, 1.82) is 0 Å². The lowest BCUT2D eigenvalue weighted by atomic mass is 9.89. The Hall–Kier alpha value is -0.0700. The molecule has 0 fully saturated rings. The van der Waals surface area contributed by atoms with E-state index < -0.39 is 5.67 Å². The van der Waals surface area contributed by atoms with Crippen LogP contribution in [0, 0.1) is 5.92 Å². The molecule has 0 heterocycles. The number of hydrogen-bond donors (Lipinski definition) is 0. The molecule has 0 aromatic carbocycles. The van der Waals surface area contributed by atoms with Crippen molar-refractivity contribution in [3.05, 3.63) is 0 Å². The van der Waals surface area contributed by atoms with Crippen LogP contribution in [0.1, 0.15) is 124 Å². The Morgan fingerprint density at radius 2 is 0.955 bits per heavy atom. The van der Waals surface area contributed by atoms with E-state index >= 15 is 0 Å². The highest BCUT2D eigenvalue weighted by Crippen LogP contribution is 2.26. The number of alkyl halides is 1. The summed E-state index contributed by atoms with van der Waals surface area (Å²) in [6.45, 7) is 7.74. The summed E-state index contributed by atoms with van der Waals surface area (Å²) >= 11 is 0. The fourth-order valence-corrected chi connectivity index (χ4v) is 2.99. The van der Waals surface area contributed by atoms with Crippen molar-refractivity contribution in [2.24, 2.45) is 5.92 Å². The Balaban J connectivity index is 3.12. The Morgan fingerprint density at radius 1 is 0.636 bits per heavy atom. The van der Waals surface area contributed by atoms with Crippen LogP contribution in [0.15, 0.2) is 0 Å². The van der Waals surface area contributed by atoms with Gasteiger partial charge in [-0.1, -0.05) is 104 Å². The third kappa shape index (κ3) is 14.9.